The van der Waals surface area contributed by atoms with Gasteiger partial charge in [0.05, 0.1) is 24.9 Å². The fraction of sp³-hybridized carbons (Fsp3) is 0.320. The third-order valence-electron chi connectivity index (χ3n) is 6.46. The average Bonchev–Trinajstić information content (AvgIpc) is 3.14. The Labute approximate surface area is 193 Å². The molecule has 0 radical (unpaired) electrons. The Hall–Kier alpha value is -3.67. The van der Waals surface area contributed by atoms with E-state index in [1.54, 1.807) is 13.2 Å². The summed E-state index contributed by atoms with van der Waals surface area (Å²) in [5.41, 5.74) is 2.88. The number of terminal acetylenes is 1. The lowest BCUT2D eigenvalue weighted by Crippen LogP contribution is -2.52. The number of ether oxygens (including phenoxy) is 1. The van der Waals surface area contributed by atoms with Crippen molar-refractivity contribution in [1.29, 1.82) is 0 Å². The second-order valence-electron chi connectivity index (χ2n) is 8.65. The SMILES string of the molecule is C#Cc1cccc(Nc2ncnc3cc(OC)c(NC(=O)CN4CC5CN(C)C5C4)cc23)c1. The van der Waals surface area contributed by atoms with Crippen molar-refractivity contribution < 1.29 is 9.53 Å². The molecule has 1 amide bonds. The summed E-state index contributed by atoms with van der Waals surface area (Å²) in [4.78, 5) is 26.2. The number of anilines is 3. The van der Waals surface area contributed by atoms with Gasteiger partial charge in [0.1, 0.15) is 17.9 Å². The molecule has 0 bridgehead atoms. The Bertz CT molecular complexity index is 1250. The normalized spacial score (nSPS) is 20.0. The van der Waals surface area contributed by atoms with Crippen molar-refractivity contribution in [2.24, 2.45) is 5.92 Å². The maximum Gasteiger partial charge on any atom is 0.238 e. The van der Waals surface area contributed by atoms with E-state index in [-0.39, 0.29) is 5.91 Å². The molecule has 3 aromatic rings. The van der Waals surface area contributed by atoms with Crippen LogP contribution in [0.4, 0.5) is 17.2 Å². The quantitative estimate of drug-likeness (QED) is 0.568. The maximum absolute atomic E-state index is 12.8. The molecule has 2 aliphatic rings. The lowest BCUT2D eigenvalue weighted by Gasteiger charge is -2.40. The number of aromatic nitrogens is 2. The van der Waals surface area contributed by atoms with E-state index >= 15 is 0 Å². The number of carbonyl (C=O) groups excluding carboxylic acids is 1. The van der Waals surface area contributed by atoms with Crippen molar-refractivity contribution in [2.75, 3.05) is 51.0 Å². The molecular formula is C25H26N6O2. The van der Waals surface area contributed by atoms with Gasteiger partial charge < -0.3 is 20.3 Å². The summed E-state index contributed by atoms with van der Waals surface area (Å²) >= 11 is 0. The van der Waals surface area contributed by atoms with Gasteiger partial charge in [0, 0.05) is 54.3 Å². The number of rotatable bonds is 6. The first-order chi connectivity index (χ1) is 16.0. The Morgan fingerprint density at radius 3 is 2.88 bits per heavy atom. The summed E-state index contributed by atoms with van der Waals surface area (Å²) in [6, 6.07) is 11.8. The minimum absolute atomic E-state index is 0.0651. The number of likely N-dealkylation sites (N-methyl/N-ethyl adjacent to an activating group) is 1. The van der Waals surface area contributed by atoms with Crippen LogP contribution in [0.15, 0.2) is 42.7 Å². The van der Waals surface area contributed by atoms with Gasteiger partial charge in [-0.25, -0.2) is 9.97 Å². The summed E-state index contributed by atoms with van der Waals surface area (Å²) in [6.45, 7) is 3.37. The first kappa shape index (κ1) is 21.2. The van der Waals surface area contributed by atoms with Gasteiger partial charge in [-0.2, -0.15) is 0 Å². The Balaban J connectivity index is 1.38. The molecule has 2 fully saturated rings. The fourth-order valence-corrected chi connectivity index (χ4v) is 4.78. The van der Waals surface area contributed by atoms with Gasteiger partial charge in [0.2, 0.25) is 5.91 Å². The van der Waals surface area contributed by atoms with E-state index in [2.05, 4.69) is 43.4 Å². The summed E-state index contributed by atoms with van der Waals surface area (Å²) < 4.78 is 5.53. The predicted molar refractivity (Wildman–Crippen MR) is 129 cm³/mol. The molecule has 168 valence electrons. The zero-order valence-electron chi connectivity index (χ0n) is 18.7. The monoisotopic (exact) mass is 442 g/mol. The van der Waals surface area contributed by atoms with Crippen molar-refractivity contribution in [3.8, 4) is 18.1 Å². The number of methoxy groups -OCH3 is 1. The molecule has 2 saturated heterocycles. The first-order valence-electron chi connectivity index (χ1n) is 10.9. The van der Waals surface area contributed by atoms with Crippen LogP contribution in [0.25, 0.3) is 10.9 Å². The molecule has 2 N–H and O–H groups in total. The third kappa shape index (κ3) is 4.21. The zero-order valence-corrected chi connectivity index (χ0v) is 18.7. The van der Waals surface area contributed by atoms with E-state index in [0.717, 1.165) is 36.3 Å². The average molecular weight is 443 g/mol. The number of hydrogen-bond donors (Lipinski definition) is 2. The molecule has 2 unspecified atom stereocenters. The largest absolute Gasteiger partial charge is 0.494 e. The topological polar surface area (TPSA) is 82.6 Å². The highest BCUT2D eigenvalue weighted by molar-refractivity contribution is 6.00. The van der Waals surface area contributed by atoms with E-state index in [4.69, 9.17) is 11.2 Å². The predicted octanol–water partition coefficient (Wildman–Crippen LogP) is 2.55. The van der Waals surface area contributed by atoms with Crippen LogP contribution in [0.3, 0.4) is 0 Å². The number of fused-ring (bicyclic) bond motifs is 2. The minimum atomic E-state index is -0.0651. The third-order valence-corrected chi connectivity index (χ3v) is 6.46. The van der Waals surface area contributed by atoms with Gasteiger partial charge in [-0.05, 0) is 31.3 Å². The van der Waals surface area contributed by atoms with E-state index in [1.807, 2.05) is 30.3 Å². The van der Waals surface area contributed by atoms with Crippen molar-refractivity contribution in [1.82, 2.24) is 19.8 Å². The van der Waals surface area contributed by atoms with Crippen LogP contribution in [0.1, 0.15) is 5.56 Å². The number of amides is 1. The summed E-state index contributed by atoms with van der Waals surface area (Å²) in [5.74, 6) is 4.42. The molecule has 0 saturated carbocycles. The van der Waals surface area contributed by atoms with Crippen LogP contribution < -0.4 is 15.4 Å². The number of hydrogen-bond acceptors (Lipinski definition) is 7. The number of nitrogens with zero attached hydrogens (tertiary/aromatic N) is 4. The van der Waals surface area contributed by atoms with Gasteiger partial charge in [0.15, 0.2) is 0 Å². The van der Waals surface area contributed by atoms with Crippen molar-refractivity contribution >= 4 is 34.0 Å². The van der Waals surface area contributed by atoms with Gasteiger partial charge in [-0.15, -0.1) is 6.42 Å². The molecular weight excluding hydrogens is 416 g/mol. The van der Waals surface area contributed by atoms with Gasteiger partial charge in [-0.3, -0.25) is 9.69 Å². The summed E-state index contributed by atoms with van der Waals surface area (Å²) in [6.07, 6.45) is 7.01. The highest BCUT2D eigenvalue weighted by atomic mass is 16.5. The van der Waals surface area contributed by atoms with Crippen LogP contribution >= 0.6 is 0 Å². The smallest absolute Gasteiger partial charge is 0.238 e. The van der Waals surface area contributed by atoms with Gasteiger partial charge in [0.25, 0.3) is 0 Å². The van der Waals surface area contributed by atoms with Crippen molar-refractivity contribution in [2.45, 2.75) is 6.04 Å². The lowest BCUT2D eigenvalue weighted by molar-refractivity contribution is -0.117. The first-order valence-corrected chi connectivity index (χ1v) is 10.9. The van der Waals surface area contributed by atoms with Crippen LogP contribution in [0, 0.1) is 18.3 Å². The van der Waals surface area contributed by atoms with Crippen LogP contribution in [0.2, 0.25) is 0 Å². The summed E-state index contributed by atoms with van der Waals surface area (Å²) in [5, 5.41) is 7.09. The van der Waals surface area contributed by atoms with Crippen molar-refractivity contribution in [3.05, 3.63) is 48.3 Å². The Morgan fingerprint density at radius 1 is 1.24 bits per heavy atom. The van der Waals surface area contributed by atoms with E-state index in [9.17, 15) is 4.79 Å². The summed E-state index contributed by atoms with van der Waals surface area (Å²) in [7, 11) is 3.72. The van der Waals surface area contributed by atoms with Crippen LogP contribution in [0.5, 0.6) is 5.75 Å². The molecule has 8 heteroatoms. The molecule has 33 heavy (non-hydrogen) atoms. The standard InChI is InChI=1S/C25H26N6O2/c1-4-16-6-5-7-18(8-16)28-25-19-9-21(23(33-3)10-20(19)26-15-27-25)29-24(32)14-31-12-17-11-30(2)22(17)13-31/h1,5-10,15,17,22H,11-14H2,2-3H3,(H,29,32)(H,26,27,28). The van der Waals surface area contributed by atoms with Crippen LogP contribution in [-0.2, 0) is 4.79 Å². The van der Waals surface area contributed by atoms with Crippen molar-refractivity contribution in [3.63, 3.8) is 0 Å². The second kappa shape index (κ2) is 8.70. The molecule has 2 aromatic carbocycles. The number of benzene rings is 2. The molecule has 3 heterocycles. The zero-order chi connectivity index (χ0) is 22.9. The Morgan fingerprint density at radius 2 is 2.12 bits per heavy atom. The molecule has 0 aliphatic carbocycles. The number of carbonyl (C=O) groups is 1. The highest BCUT2D eigenvalue weighted by Gasteiger charge is 2.43. The Kier molecular flexibility index (Phi) is 5.58. The maximum atomic E-state index is 12.8. The van der Waals surface area contributed by atoms with Gasteiger partial charge >= 0.3 is 0 Å². The molecule has 2 atom stereocenters. The minimum Gasteiger partial charge on any atom is -0.494 e. The lowest BCUT2D eigenvalue weighted by atomic mass is 9.93. The molecule has 8 nitrogen and oxygen atoms in total. The van der Waals surface area contributed by atoms with E-state index < -0.39 is 0 Å². The number of likely N-dealkylation sites (tertiary alicyclic amines) is 2. The molecule has 0 spiro atoms. The molecule has 5 rings (SSSR count). The second-order valence-corrected chi connectivity index (χ2v) is 8.65. The molecule has 1 aromatic heterocycles. The van der Waals surface area contributed by atoms with Crippen LogP contribution in [-0.4, -0.2) is 72.1 Å². The molecule has 2 aliphatic heterocycles. The highest BCUT2D eigenvalue weighted by Crippen LogP contribution is 2.34. The van der Waals surface area contributed by atoms with E-state index in [1.165, 1.54) is 6.33 Å². The fourth-order valence-electron chi connectivity index (χ4n) is 4.78. The van der Waals surface area contributed by atoms with Gasteiger partial charge in [-0.1, -0.05) is 12.0 Å². The number of nitrogens with one attached hydrogen (secondary N) is 2. The van der Waals surface area contributed by atoms with E-state index in [0.29, 0.717) is 41.3 Å².